The second-order valence-corrected chi connectivity index (χ2v) is 19.3. The van der Waals surface area contributed by atoms with Gasteiger partial charge in [0.15, 0.2) is 8.32 Å². The highest BCUT2D eigenvalue weighted by Gasteiger charge is 2.37. The summed E-state index contributed by atoms with van der Waals surface area (Å²) in [5.74, 6) is -0.900. The van der Waals surface area contributed by atoms with Gasteiger partial charge in [0, 0.05) is 22.8 Å². The maximum Gasteiger partial charge on any atom is 0.412 e. The van der Waals surface area contributed by atoms with Crippen LogP contribution in [0.15, 0.2) is 83.3 Å². The first-order valence-electron chi connectivity index (χ1n) is 15.3. The minimum Gasteiger partial charge on any atom is -0.444 e. The van der Waals surface area contributed by atoms with Crippen LogP contribution < -0.4 is 16.0 Å². The highest BCUT2D eigenvalue weighted by molar-refractivity contribution is 9.10. The van der Waals surface area contributed by atoms with Gasteiger partial charge >= 0.3 is 6.09 Å². The van der Waals surface area contributed by atoms with Crippen molar-refractivity contribution in [2.45, 2.75) is 77.6 Å². The molecule has 3 aromatic carbocycles. The van der Waals surface area contributed by atoms with Crippen molar-refractivity contribution in [3.8, 4) is 0 Å². The minimum atomic E-state index is -1.98. The van der Waals surface area contributed by atoms with Crippen molar-refractivity contribution in [3.63, 3.8) is 0 Å². The lowest BCUT2D eigenvalue weighted by Gasteiger charge is -2.36. The molecule has 0 radical (unpaired) electrons. The van der Waals surface area contributed by atoms with E-state index in [1.54, 1.807) is 51.1 Å². The number of hydrogen-bond acceptors (Lipinski definition) is 5. The molecule has 46 heavy (non-hydrogen) atoms. The van der Waals surface area contributed by atoms with Gasteiger partial charge in [-0.25, -0.2) is 4.79 Å². The van der Waals surface area contributed by atoms with E-state index in [2.05, 4.69) is 65.7 Å². The number of amides is 3. The largest absolute Gasteiger partial charge is 0.444 e. The number of ether oxygens (including phenoxy) is 1. The number of anilines is 3. The zero-order valence-corrected chi connectivity index (χ0v) is 30.6. The molecule has 3 amide bonds. The first-order valence-corrected chi connectivity index (χ1v) is 19.0. The quantitative estimate of drug-likeness (QED) is 0.136. The van der Waals surface area contributed by atoms with Crippen molar-refractivity contribution in [3.05, 3.63) is 94.5 Å². The number of benzene rings is 3. The monoisotopic (exact) mass is 707 g/mol. The number of nitrogens with one attached hydrogen (secondary N) is 3. The van der Waals surface area contributed by atoms with Gasteiger partial charge in [0.2, 0.25) is 11.8 Å². The summed E-state index contributed by atoms with van der Waals surface area (Å²) < 4.78 is 12.7. The molecule has 0 fully saturated rings. The molecule has 0 spiro atoms. The molecule has 3 N–H and O–H groups in total. The lowest BCUT2D eigenvalue weighted by atomic mass is 9.94. The maximum atomic E-state index is 13.5. The Kier molecular flexibility index (Phi) is 12.5. The topological polar surface area (TPSA) is 106 Å². The predicted molar refractivity (Wildman–Crippen MR) is 194 cm³/mol. The molecule has 3 aromatic rings. The predicted octanol–water partition coefficient (Wildman–Crippen LogP) is 9.58. The van der Waals surface area contributed by atoms with Gasteiger partial charge in [0.1, 0.15) is 5.60 Å². The molecule has 1 atom stereocenters. The van der Waals surface area contributed by atoms with E-state index in [4.69, 9.17) is 9.16 Å². The third-order valence-electron chi connectivity index (χ3n) is 7.69. The third-order valence-corrected chi connectivity index (χ3v) is 12.8. The first-order chi connectivity index (χ1) is 21.4. The zero-order chi connectivity index (χ0) is 34.1. The van der Waals surface area contributed by atoms with E-state index >= 15 is 0 Å². The third kappa shape index (κ3) is 11.6. The SMILES string of the molecule is CC(C)(C)OC(=O)Nc1ccccc1NC(=O)C=Cc1ccc(C(CCO[Si](C)(C)C(C)(C)C)C(=O)Nc2ccc(Br)cc2)cc1. The summed E-state index contributed by atoms with van der Waals surface area (Å²) in [4.78, 5) is 38.5. The van der Waals surface area contributed by atoms with Crippen LogP contribution in [0.4, 0.5) is 21.9 Å². The van der Waals surface area contributed by atoms with Crippen molar-refractivity contribution >= 4 is 65.3 Å². The Morgan fingerprint density at radius 1 is 0.826 bits per heavy atom. The smallest absolute Gasteiger partial charge is 0.412 e. The summed E-state index contributed by atoms with van der Waals surface area (Å²) in [7, 11) is -1.98. The highest BCUT2D eigenvalue weighted by atomic mass is 79.9. The molecular formula is C36H46BrN3O5Si. The summed E-state index contributed by atoms with van der Waals surface area (Å²) in [6.07, 6.45) is 3.04. The lowest BCUT2D eigenvalue weighted by Crippen LogP contribution is -2.41. The van der Waals surface area contributed by atoms with Crippen LogP contribution in [0.25, 0.3) is 6.08 Å². The van der Waals surface area contributed by atoms with Crippen molar-refractivity contribution in [2.75, 3.05) is 22.6 Å². The van der Waals surface area contributed by atoms with Gasteiger partial charge in [-0.15, -0.1) is 0 Å². The van der Waals surface area contributed by atoms with E-state index in [0.29, 0.717) is 24.4 Å². The fraction of sp³-hybridized carbons (Fsp3) is 0.361. The van der Waals surface area contributed by atoms with Crippen molar-refractivity contribution < 1.29 is 23.5 Å². The van der Waals surface area contributed by atoms with Gasteiger partial charge in [-0.05, 0) is 98.9 Å². The molecule has 0 aliphatic carbocycles. The Bertz CT molecular complexity index is 1520. The highest BCUT2D eigenvalue weighted by Crippen LogP contribution is 2.37. The Hall–Kier alpha value is -3.73. The van der Waals surface area contributed by atoms with E-state index in [0.717, 1.165) is 21.3 Å². The summed E-state index contributed by atoms with van der Waals surface area (Å²) >= 11 is 3.44. The lowest BCUT2D eigenvalue weighted by molar-refractivity contribution is -0.118. The molecule has 8 nitrogen and oxygen atoms in total. The minimum absolute atomic E-state index is 0.0686. The van der Waals surface area contributed by atoms with E-state index < -0.39 is 25.9 Å². The molecule has 0 bridgehead atoms. The fourth-order valence-electron chi connectivity index (χ4n) is 4.16. The number of rotatable bonds is 11. The van der Waals surface area contributed by atoms with Gasteiger partial charge in [0.25, 0.3) is 0 Å². The summed E-state index contributed by atoms with van der Waals surface area (Å²) in [5, 5.41) is 8.60. The van der Waals surface area contributed by atoms with Gasteiger partial charge in [-0.1, -0.05) is 73.1 Å². The molecule has 0 aliphatic heterocycles. The van der Waals surface area contributed by atoms with Crippen LogP contribution in [-0.4, -0.2) is 38.4 Å². The number of carbonyl (C=O) groups is 3. The molecule has 0 heterocycles. The van der Waals surface area contributed by atoms with Crippen LogP contribution in [0.2, 0.25) is 18.1 Å². The van der Waals surface area contributed by atoms with Crippen LogP contribution in [-0.2, 0) is 18.8 Å². The van der Waals surface area contributed by atoms with Gasteiger partial charge in [-0.3, -0.25) is 14.9 Å². The second-order valence-electron chi connectivity index (χ2n) is 13.6. The maximum absolute atomic E-state index is 13.5. The number of hydrogen-bond donors (Lipinski definition) is 3. The standard InChI is InChI=1S/C36H46BrN3O5Si/c1-35(2,3)45-34(43)40-31-12-10-9-11-30(31)39-32(41)22-15-25-13-16-26(17-14-25)29(23-24-44-46(7,8)36(4,5)6)33(42)38-28-20-18-27(37)19-21-28/h9-22,29H,23-24H2,1-8H3,(H,38,42)(H,39,41)(H,40,43). The molecule has 0 saturated heterocycles. The average Bonchev–Trinajstić information content (AvgIpc) is 2.95. The number of carbonyl (C=O) groups excluding carboxylic acids is 3. The summed E-state index contributed by atoms with van der Waals surface area (Å²) in [5.41, 5.74) is 2.59. The Morgan fingerprint density at radius 3 is 1.98 bits per heavy atom. The summed E-state index contributed by atoms with van der Waals surface area (Å²) in [6.45, 7) is 16.8. The number of halogens is 1. The van der Waals surface area contributed by atoms with Gasteiger partial charge in [-0.2, -0.15) is 0 Å². The van der Waals surface area contributed by atoms with Crippen LogP contribution in [0.3, 0.4) is 0 Å². The summed E-state index contributed by atoms with van der Waals surface area (Å²) in [6, 6.07) is 22.0. The van der Waals surface area contributed by atoms with E-state index in [1.165, 1.54) is 6.08 Å². The van der Waals surface area contributed by atoms with E-state index in [9.17, 15) is 14.4 Å². The van der Waals surface area contributed by atoms with Gasteiger partial charge in [0.05, 0.1) is 17.3 Å². The molecule has 0 saturated carbocycles. The molecular weight excluding hydrogens is 662 g/mol. The van der Waals surface area contributed by atoms with Crippen LogP contribution in [0.5, 0.6) is 0 Å². The second kappa shape index (κ2) is 15.7. The van der Waals surface area contributed by atoms with Crippen LogP contribution in [0.1, 0.15) is 65.0 Å². The normalized spacial score (nSPS) is 12.8. The van der Waals surface area contributed by atoms with E-state index in [-0.39, 0.29) is 16.9 Å². The van der Waals surface area contributed by atoms with Crippen molar-refractivity contribution in [1.29, 1.82) is 0 Å². The van der Waals surface area contributed by atoms with E-state index in [1.807, 2.05) is 48.5 Å². The number of para-hydroxylation sites is 2. The van der Waals surface area contributed by atoms with Gasteiger partial charge < -0.3 is 19.8 Å². The molecule has 246 valence electrons. The molecule has 10 heteroatoms. The van der Waals surface area contributed by atoms with Crippen LogP contribution in [0, 0.1) is 0 Å². The van der Waals surface area contributed by atoms with Crippen molar-refractivity contribution in [2.24, 2.45) is 0 Å². The Balaban J connectivity index is 1.71. The first kappa shape index (κ1) is 36.7. The molecule has 0 aromatic heterocycles. The molecule has 1 unspecified atom stereocenters. The molecule has 0 aliphatic rings. The Morgan fingerprint density at radius 2 is 1.41 bits per heavy atom. The average molecular weight is 709 g/mol. The fourth-order valence-corrected chi connectivity index (χ4v) is 5.49. The zero-order valence-electron chi connectivity index (χ0n) is 28.0. The Labute approximate surface area is 282 Å². The van der Waals surface area contributed by atoms with Crippen molar-refractivity contribution in [1.82, 2.24) is 0 Å². The van der Waals surface area contributed by atoms with Crippen LogP contribution >= 0.6 is 15.9 Å². The molecule has 3 rings (SSSR count).